The van der Waals surface area contributed by atoms with Crippen molar-refractivity contribution in [1.82, 2.24) is 5.32 Å². The molecule has 2 rings (SSSR count). The van der Waals surface area contributed by atoms with Crippen molar-refractivity contribution in [3.8, 4) is 0 Å². The van der Waals surface area contributed by atoms with Crippen LogP contribution < -0.4 is 11.1 Å². The van der Waals surface area contributed by atoms with Gasteiger partial charge in [0.1, 0.15) is 5.60 Å². The van der Waals surface area contributed by atoms with Crippen molar-refractivity contribution in [2.24, 2.45) is 28.4 Å². The molecule has 0 aromatic carbocycles. The monoisotopic (exact) mass is 522 g/mol. The van der Waals surface area contributed by atoms with Crippen LogP contribution in [0.2, 0.25) is 0 Å². The van der Waals surface area contributed by atoms with Crippen LogP contribution in [0.4, 0.5) is 4.79 Å². The third kappa shape index (κ3) is 12.6. The minimum absolute atomic E-state index is 0.0869. The highest BCUT2D eigenvalue weighted by Gasteiger charge is 2.38. The Hall–Kier alpha value is -2.35. The summed E-state index contributed by atoms with van der Waals surface area (Å²) in [7, 11) is 0. The summed E-state index contributed by atoms with van der Waals surface area (Å²) in [5.74, 6) is -0.257. The van der Waals surface area contributed by atoms with Crippen LogP contribution in [0.25, 0.3) is 0 Å². The van der Waals surface area contributed by atoms with Crippen LogP contribution in [0, 0.1) is 22.7 Å². The van der Waals surface area contributed by atoms with E-state index in [1.807, 2.05) is 12.2 Å². The first kappa shape index (κ1) is 32.7. The molecule has 0 radical (unpaired) electrons. The molecule has 2 saturated carbocycles. The largest absolute Gasteiger partial charge is 0.481 e. The second-order valence-electron chi connectivity index (χ2n) is 12.1. The second-order valence-corrected chi connectivity index (χ2v) is 12.1. The van der Waals surface area contributed by atoms with Crippen LogP contribution in [-0.4, -0.2) is 46.9 Å². The van der Waals surface area contributed by atoms with Crippen LogP contribution in [0.3, 0.4) is 0 Å². The summed E-state index contributed by atoms with van der Waals surface area (Å²) in [5, 5.41) is 20.8. The van der Waals surface area contributed by atoms with Crippen molar-refractivity contribution < 1.29 is 29.3 Å². The van der Waals surface area contributed by atoms with Crippen LogP contribution in [0.1, 0.15) is 97.8 Å². The number of aliphatic carboxylic acids is 2. The van der Waals surface area contributed by atoms with Gasteiger partial charge < -0.3 is 26.0 Å². The van der Waals surface area contributed by atoms with Gasteiger partial charge in [-0.05, 0) is 114 Å². The summed E-state index contributed by atoms with van der Waals surface area (Å²) >= 11 is 0. The van der Waals surface area contributed by atoms with Gasteiger partial charge in [-0.25, -0.2) is 4.79 Å². The van der Waals surface area contributed by atoms with Gasteiger partial charge in [0.2, 0.25) is 0 Å². The SMILES string of the molecule is C=CCC1CCC(CN)(CC(=O)O)CC1.C=CCC1CCC(CNC(=O)OC(C)(C)C)(CC(=O)O)CC1. The molecule has 0 spiro atoms. The molecule has 1 amide bonds. The van der Waals surface area contributed by atoms with E-state index in [1.165, 1.54) is 0 Å². The lowest BCUT2D eigenvalue weighted by molar-refractivity contribution is -0.141. The molecule has 0 saturated heterocycles. The van der Waals surface area contributed by atoms with E-state index >= 15 is 0 Å². The maximum Gasteiger partial charge on any atom is 0.407 e. The summed E-state index contributed by atoms with van der Waals surface area (Å²) in [4.78, 5) is 33.8. The third-order valence-electron chi connectivity index (χ3n) is 7.82. The predicted octanol–water partition coefficient (Wildman–Crippen LogP) is 5.91. The predicted molar refractivity (Wildman–Crippen MR) is 146 cm³/mol. The molecule has 0 aromatic heterocycles. The van der Waals surface area contributed by atoms with Crippen molar-refractivity contribution in [1.29, 1.82) is 0 Å². The number of nitrogens with one attached hydrogen (secondary N) is 1. The Balaban J connectivity index is 0.000000397. The standard InChI is InChI=1S/C17H29NO4.C12H21NO2/c1-5-6-13-7-9-17(10-8-13,11-14(19)20)12-18-15(21)22-16(2,3)4;1-2-3-10-4-6-12(9-13,7-5-10)8-11(14)15/h5,13H,1,6-12H2,2-4H3,(H,18,21)(H,19,20);2,10H,1,3-9,13H2,(H,14,15). The van der Waals surface area contributed by atoms with E-state index in [1.54, 1.807) is 20.8 Å². The Morgan fingerprint density at radius 3 is 1.65 bits per heavy atom. The second kappa shape index (κ2) is 15.2. The Morgan fingerprint density at radius 1 is 0.892 bits per heavy atom. The lowest BCUT2D eigenvalue weighted by Crippen LogP contribution is -2.43. The highest BCUT2D eigenvalue weighted by atomic mass is 16.6. The zero-order valence-electron chi connectivity index (χ0n) is 23.2. The van der Waals surface area contributed by atoms with Gasteiger partial charge in [-0.1, -0.05) is 12.2 Å². The minimum Gasteiger partial charge on any atom is -0.481 e. The van der Waals surface area contributed by atoms with Gasteiger partial charge >= 0.3 is 18.0 Å². The van der Waals surface area contributed by atoms with E-state index in [9.17, 15) is 19.5 Å². The number of nitrogens with two attached hydrogens (primary N) is 1. The third-order valence-corrected chi connectivity index (χ3v) is 7.82. The molecule has 8 heteroatoms. The lowest BCUT2D eigenvalue weighted by atomic mass is 9.68. The maximum atomic E-state index is 11.8. The lowest BCUT2D eigenvalue weighted by Gasteiger charge is -2.39. The van der Waals surface area contributed by atoms with Crippen LogP contribution in [0.5, 0.6) is 0 Å². The number of carbonyl (C=O) groups is 3. The topological polar surface area (TPSA) is 139 Å². The molecule has 0 atom stereocenters. The number of allylic oxidation sites excluding steroid dienone is 2. The Labute approximate surface area is 223 Å². The molecule has 0 heterocycles. The number of carboxylic acids is 2. The van der Waals surface area contributed by atoms with Crippen molar-refractivity contribution in [2.45, 2.75) is 103 Å². The molecule has 2 aliphatic rings. The first-order valence-corrected chi connectivity index (χ1v) is 13.6. The van der Waals surface area contributed by atoms with Crippen molar-refractivity contribution in [3.05, 3.63) is 25.3 Å². The number of carbonyl (C=O) groups excluding carboxylic acids is 1. The summed E-state index contributed by atoms with van der Waals surface area (Å²) in [6.07, 6.45) is 13.4. The van der Waals surface area contributed by atoms with E-state index in [4.69, 9.17) is 15.6 Å². The quantitative estimate of drug-likeness (QED) is 0.247. The molecule has 0 aromatic rings. The fourth-order valence-corrected chi connectivity index (χ4v) is 5.61. The fourth-order valence-electron chi connectivity index (χ4n) is 5.61. The van der Waals surface area contributed by atoms with Gasteiger partial charge in [0, 0.05) is 6.54 Å². The van der Waals surface area contributed by atoms with E-state index in [-0.39, 0.29) is 23.7 Å². The van der Waals surface area contributed by atoms with Gasteiger partial charge in [0.25, 0.3) is 0 Å². The van der Waals surface area contributed by atoms with Crippen LogP contribution >= 0.6 is 0 Å². The molecule has 37 heavy (non-hydrogen) atoms. The molecular formula is C29H50N2O6. The average Bonchev–Trinajstić information content (AvgIpc) is 2.80. The number of alkyl carbamates (subject to hydrolysis) is 1. The van der Waals surface area contributed by atoms with Crippen LogP contribution in [-0.2, 0) is 14.3 Å². The average molecular weight is 523 g/mol. The number of amides is 1. The maximum absolute atomic E-state index is 11.8. The van der Waals surface area contributed by atoms with Gasteiger partial charge in [-0.15, -0.1) is 13.2 Å². The summed E-state index contributed by atoms with van der Waals surface area (Å²) in [5.41, 5.74) is 4.68. The Bertz CT molecular complexity index is 757. The first-order valence-electron chi connectivity index (χ1n) is 13.6. The zero-order chi connectivity index (χ0) is 28.1. The normalized spacial score (nSPS) is 27.7. The number of hydrogen-bond donors (Lipinski definition) is 4. The smallest absolute Gasteiger partial charge is 0.407 e. The molecule has 0 unspecified atom stereocenters. The molecule has 212 valence electrons. The first-order chi connectivity index (χ1) is 17.3. The van der Waals surface area contributed by atoms with Crippen LogP contribution in [0.15, 0.2) is 25.3 Å². The van der Waals surface area contributed by atoms with E-state index in [0.29, 0.717) is 24.9 Å². The molecule has 0 bridgehead atoms. The molecule has 8 nitrogen and oxygen atoms in total. The van der Waals surface area contributed by atoms with Crippen molar-refractivity contribution in [3.63, 3.8) is 0 Å². The van der Waals surface area contributed by atoms with Crippen molar-refractivity contribution >= 4 is 18.0 Å². The summed E-state index contributed by atoms with van der Waals surface area (Å²) in [6.45, 7) is 13.8. The molecule has 2 aliphatic carbocycles. The van der Waals surface area contributed by atoms with Crippen molar-refractivity contribution in [2.75, 3.05) is 13.1 Å². The van der Waals surface area contributed by atoms with Gasteiger partial charge in [-0.2, -0.15) is 0 Å². The molecular weight excluding hydrogens is 472 g/mol. The van der Waals surface area contributed by atoms with E-state index < -0.39 is 23.6 Å². The minimum atomic E-state index is -0.812. The van der Waals surface area contributed by atoms with E-state index in [0.717, 1.165) is 64.2 Å². The fraction of sp³-hybridized carbons (Fsp3) is 0.759. The number of carboxylic acid groups (broad SMARTS) is 2. The van der Waals surface area contributed by atoms with Gasteiger partial charge in [-0.3, -0.25) is 9.59 Å². The molecule has 2 fully saturated rings. The van der Waals surface area contributed by atoms with Gasteiger partial charge in [0.15, 0.2) is 0 Å². The summed E-state index contributed by atoms with van der Waals surface area (Å²) in [6, 6.07) is 0. The Morgan fingerprint density at radius 2 is 1.30 bits per heavy atom. The highest BCUT2D eigenvalue weighted by Crippen LogP contribution is 2.43. The molecule has 0 aliphatic heterocycles. The number of ether oxygens (including phenoxy) is 1. The molecule has 5 N–H and O–H groups in total. The summed E-state index contributed by atoms with van der Waals surface area (Å²) < 4.78 is 5.23. The van der Waals surface area contributed by atoms with E-state index in [2.05, 4.69) is 18.5 Å². The Kier molecular flexibility index (Phi) is 13.4. The number of rotatable bonds is 11. The number of hydrogen-bond acceptors (Lipinski definition) is 5. The van der Waals surface area contributed by atoms with Gasteiger partial charge in [0.05, 0.1) is 12.8 Å². The highest BCUT2D eigenvalue weighted by molar-refractivity contribution is 5.69. The zero-order valence-corrected chi connectivity index (χ0v) is 23.2.